The van der Waals surface area contributed by atoms with Gasteiger partial charge in [0.25, 0.3) is 0 Å². The first-order valence-corrected chi connectivity index (χ1v) is 15.9. The summed E-state index contributed by atoms with van der Waals surface area (Å²) in [4.78, 5) is 13.1. The van der Waals surface area contributed by atoms with E-state index in [4.69, 9.17) is 23.2 Å². The molecular formula is C29H34Cl2N2O3S. The number of carbonyl (C=O) groups excluding carboxylic acids is 1. The highest BCUT2D eigenvalue weighted by Gasteiger charge is 2.51. The van der Waals surface area contributed by atoms with Crippen LogP contribution in [0, 0.1) is 23.7 Å². The molecule has 1 aliphatic heterocycles. The number of anilines is 1. The Morgan fingerprint density at radius 2 is 1.59 bits per heavy atom. The lowest BCUT2D eigenvalue weighted by Crippen LogP contribution is -2.48. The molecule has 0 aromatic heterocycles. The molecule has 4 saturated carbocycles. The van der Waals surface area contributed by atoms with Gasteiger partial charge >= 0.3 is 0 Å². The van der Waals surface area contributed by atoms with Crippen LogP contribution in [0.25, 0.3) is 0 Å². The Morgan fingerprint density at radius 3 is 2.22 bits per heavy atom. The summed E-state index contributed by atoms with van der Waals surface area (Å²) in [6.07, 6.45) is 9.57. The average Bonchev–Trinajstić information content (AvgIpc) is 2.86. The zero-order valence-corrected chi connectivity index (χ0v) is 23.3. The molecule has 7 rings (SSSR count). The number of piperidine rings is 1. The summed E-state index contributed by atoms with van der Waals surface area (Å²) in [6, 6.07) is 13.4. The average molecular weight is 562 g/mol. The summed E-state index contributed by atoms with van der Waals surface area (Å²) in [6.45, 7) is 0.619. The molecule has 8 heteroatoms. The minimum atomic E-state index is -3.58. The van der Waals surface area contributed by atoms with E-state index in [1.54, 1.807) is 18.2 Å². The Balaban J connectivity index is 1.09. The standard InChI is InChI=1S/C29H34Cl2N2O3S/c30-26-8-3-19(13-27(26)31)18-37(35,36)33-9-1-2-23(17-33)28(34)32-25-6-4-24(5-7-25)29-14-20-10-21(15-29)12-22(11-20)16-29/h3-8,13,20-23H,1-2,9-12,14-18H2,(H,32,34). The third-order valence-corrected chi connectivity index (χ3v) is 11.8. The minimum absolute atomic E-state index is 0.114. The number of rotatable bonds is 6. The van der Waals surface area contributed by atoms with Gasteiger partial charge in [0.1, 0.15) is 0 Å². The maximum atomic E-state index is 13.1. The summed E-state index contributed by atoms with van der Waals surface area (Å²) < 4.78 is 27.6. The Bertz CT molecular complexity index is 1260. The van der Waals surface area contributed by atoms with Gasteiger partial charge in [-0.25, -0.2) is 12.7 Å². The molecule has 2 aromatic rings. The van der Waals surface area contributed by atoms with Gasteiger partial charge in [-0.1, -0.05) is 41.4 Å². The maximum Gasteiger partial charge on any atom is 0.228 e. The Morgan fingerprint density at radius 1 is 0.946 bits per heavy atom. The molecule has 0 spiro atoms. The fraction of sp³-hybridized carbons (Fsp3) is 0.552. The van der Waals surface area contributed by atoms with Crippen LogP contribution in [0.5, 0.6) is 0 Å². The van der Waals surface area contributed by atoms with Crippen LogP contribution in [0.3, 0.4) is 0 Å². The van der Waals surface area contributed by atoms with E-state index in [1.165, 1.54) is 48.4 Å². The van der Waals surface area contributed by atoms with Gasteiger partial charge in [0, 0.05) is 18.8 Å². The highest BCUT2D eigenvalue weighted by molar-refractivity contribution is 7.88. The third-order valence-electron chi connectivity index (χ3n) is 9.28. The first kappa shape index (κ1) is 25.7. The zero-order valence-electron chi connectivity index (χ0n) is 21.0. The second-order valence-electron chi connectivity index (χ2n) is 12.0. The van der Waals surface area contributed by atoms with E-state index in [9.17, 15) is 13.2 Å². The number of benzene rings is 2. The van der Waals surface area contributed by atoms with Gasteiger partial charge < -0.3 is 5.32 Å². The van der Waals surface area contributed by atoms with Crippen molar-refractivity contribution in [1.29, 1.82) is 0 Å². The van der Waals surface area contributed by atoms with Crippen LogP contribution in [0.15, 0.2) is 42.5 Å². The highest BCUT2D eigenvalue weighted by atomic mass is 35.5. The Hall–Kier alpha value is -1.60. The van der Waals surface area contributed by atoms with E-state index in [2.05, 4.69) is 17.4 Å². The molecule has 37 heavy (non-hydrogen) atoms. The van der Waals surface area contributed by atoms with Crippen LogP contribution in [-0.2, 0) is 26.0 Å². The number of sulfonamides is 1. The van der Waals surface area contributed by atoms with Crippen LogP contribution in [0.1, 0.15) is 62.5 Å². The molecule has 5 nitrogen and oxygen atoms in total. The van der Waals surface area contributed by atoms with Gasteiger partial charge in [0.15, 0.2) is 0 Å². The smallest absolute Gasteiger partial charge is 0.228 e. The van der Waals surface area contributed by atoms with E-state index in [-0.39, 0.29) is 24.1 Å². The van der Waals surface area contributed by atoms with Gasteiger partial charge in [-0.2, -0.15) is 0 Å². The van der Waals surface area contributed by atoms with Crippen LogP contribution >= 0.6 is 23.2 Å². The number of amides is 1. The number of hydrogen-bond acceptors (Lipinski definition) is 3. The van der Waals surface area contributed by atoms with Crippen LogP contribution < -0.4 is 5.32 Å². The molecule has 1 saturated heterocycles. The van der Waals surface area contributed by atoms with Crippen molar-refractivity contribution in [3.05, 3.63) is 63.6 Å². The summed E-state index contributed by atoms with van der Waals surface area (Å²) in [7, 11) is -3.58. The monoisotopic (exact) mass is 560 g/mol. The maximum absolute atomic E-state index is 13.1. The van der Waals surface area contributed by atoms with Crippen molar-refractivity contribution < 1.29 is 13.2 Å². The van der Waals surface area contributed by atoms with Gasteiger partial charge in [-0.05, 0) is 110 Å². The molecule has 1 amide bonds. The predicted octanol–water partition coefficient (Wildman–Crippen LogP) is 6.64. The van der Waals surface area contributed by atoms with Crippen molar-refractivity contribution in [3.8, 4) is 0 Å². The molecule has 1 atom stereocenters. The second-order valence-corrected chi connectivity index (χ2v) is 14.7. The fourth-order valence-electron chi connectivity index (χ4n) is 7.96. The largest absolute Gasteiger partial charge is 0.326 e. The highest BCUT2D eigenvalue weighted by Crippen LogP contribution is 2.60. The van der Waals surface area contributed by atoms with Crippen molar-refractivity contribution in [2.45, 2.75) is 62.5 Å². The Kier molecular flexibility index (Phi) is 6.84. The SMILES string of the molecule is O=C(Nc1ccc(C23CC4CC(CC(C4)C2)C3)cc1)C1CCCN(S(=O)(=O)Cc2ccc(Cl)c(Cl)c2)C1. The number of hydrogen-bond donors (Lipinski definition) is 1. The molecule has 4 bridgehead atoms. The normalized spacial score (nSPS) is 31.4. The number of nitrogens with zero attached hydrogens (tertiary/aromatic N) is 1. The number of halogens is 2. The molecule has 5 fully saturated rings. The molecule has 1 unspecified atom stereocenters. The molecular weight excluding hydrogens is 527 g/mol. The second kappa shape index (κ2) is 9.86. The van der Waals surface area contributed by atoms with Gasteiger partial charge in [-0.3, -0.25) is 4.79 Å². The van der Waals surface area contributed by atoms with Gasteiger partial charge in [-0.15, -0.1) is 0 Å². The molecule has 1 N–H and O–H groups in total. The van der Waals surface area contributed by atoms with Crippen molar-refractivity contribution in [1.82, 2.24) is 4.31 Å². The lowest BCUT2D eigenvalue weighted by Gasteiger charge is -2.57. The summed E-state index contributed by atoms with van der Waals surface area (Å²) >= 11 is 12.0. The lowest BCUT2D eigenvalue weighted by atomic mass is 9.48. The fourth-order valence-corrected chi connectivity index (χ4v) is 9.87. The molecule has 5 aliphatic rings. The zero-order chi connectivity index (χ0) is 25.8. The summed E-state index contributed by atoms with van der Waals surface area (Å²) in [5.74, 6) is 2.04. The van der Waals surface area contributed by atoms with E-state index in [0.717, 1.165) is 23.4 Å². The third kappa shape index (κ3) is 5.19. The van der Waals surface area contributed by atoms with E-state index < -0.39 is 10.0 Å². The number of nitrogens with one attached hydrogen (secondary N) is 1. The van der Waals surface area contributed by atoms with E-state index >= 15 is 0 Å². The van der Waals surface area contributed by atoms with Crippen LogP contribution in [-0.4, -0.2) is 31.7 Å². The van der Waals surface area contributed by atoms with Gasteiger partial charge in [0.2, 0.25) is 15.9 Å². The quantitative estimate of drug-likeness (QED) is 0.430. The number of carbonyl (C=O) groups is 1. The van der Waals surface area contributed by atoms with Crippen molar-refractivity contribution in [2.24, 2.45) is 23.7 Å². The molecule has 2 aromatic carbocycles. The summed E-state index contributed by atoms with van der Waals surface area (Å²) in [5, 5.41) is 3.78. The van der Waals surface area contributed by atoms with E-state index in [0.29, 0.717) is 40.4 Å². The Labute approximate surface area is 230 Å². The molecule has 0 radical (unpaired) electrons. The van der Waals surface area contributed by atoms with Crippen LogP contribution in [0.4, 0.5) is 5.69 Å². The molecule has 4 aliphatic carbocycles. The van der Waals surface area contributed by atoms with Crippen molar-refractivity contribution in [2.75, 3.05) is 18.4 Å². The molecule has 1 heterocycles. The summed E-state index contributed by atoms with van der Waals surface area (Å²) in [5.41, 5.74) is 3.14. The lowest BCUT2D eigenvalue weighted by molar-refractivity contribution is -0.120. The first-order chi connectivity index (χ1) is 17.7. The molecule has 198 valence electrons. The van der Waals surface area contributed by atoms with Crippen molar-refractivity contribution in [3.63, 3.8) is 0 Å². The van der Waals surface area contributed by atoms with E-state index in [1.807, 2.05) is 12.1 Å². The minimum Gasteiger partial charge on any atom is -0.326 e. The van der Waals surface area contributed by atoms with Crippen LogP contribution in [0.2, 0.25) is 10.0 Å². The van der Waals surface area contributed by atoms with Gasteiger partial charge in [0.05, 0.1) is 21.7 Å². The first-order valence-electron chi connectivity index (χ1n) is 13.5. The predicted molar refractivity (Wildman–Crippen MR) is 148 cm³/mol. The topological polar surface area (TPSA) is 66.5 Å². The van der Waals surface area contributed by atoms with Crippen molar-refractivity contribution >= 4 is 44.8 Å².